The third kappa shape index (κ3) is 6.51. The molecule has 0 bridgehead atoms. The molecule has 1 N–H and O–H groups in total. The Balaban J connectivity index is 1.58. The molecule has 0 fully saturated rings. The number of nitrogens with one attached hydrogen (secondary N) is 1. The average Bonchev–Trinajstić information content (AvgIpc) is 2.85. The molecule has 8 nitrogen and oxygen atoms in total. The Kier molecular flexibility index (Phi) is 8.30. The number of esters is 1. The molecule has 0 aromatic heterocycles. The fourth-order valence-electron chi connectivity index (χ4n) is 3.73. The first-order chi connectivity index (χ1) is 16.8. The molecule has 0 aliphatic heterocycles. The molecule has 0 saturated heterocycles. The molecule has 0 aliphatic carbocycles. The van der Waals surface area contributed by atoms with Gasteiger partial charge in [-0.2, -0.15) is 5.26 Å². The number of hydrogen-bond acceptors (Lipinski definition) is 6. The summed E-state index contributed by atoms with van der Waals surface area (Å²) in [5.74, 6) is -2.29. The molecule has 3 aromatic carbocycles. The molecule has 1 atom stereocenters. The quantitative estimate of drug-likeness (QED) is 0.263. The molecule has 0 heterocycles. The van der Waals surface area contributed by atoms with Gasteiger partial charge in [0.15, 0.2) is 5.92 Å². The number of benzene rings is 3. The molecule has 8 heteroatoms. The number of ether oxygens (including phenoxy) is 1. The minimum absolute atomic E-state index is 0.0752. The van der Waals surface area contributed by atoms with E-state index in [4.69, 9.17) is 4.74 Å². The van der Waals surface area contributed by atoms with Gasteiger partial charge in [0.2, 0.25) is 5.91 Å². The standard InChI is InChI=1S/C27H25N3O5/c1-18-6-15-25(30(33)34)23(16-18)24(17-28)26(31)29-22-13-9-20(10-14-22)5-3-4-19-7-11-21(12-8-19)27(32)35-2/h6-16,24H,3-5H2,1-2H3,(H,29,31). The van der Waals surface area contributed by atoms with E-state index >= 15 is 0 Å². The van der Waals surface area contributed by atoms with Gasteiger partial charge >= 0.3 is 5.97 Å². The van der Waals surface area contributed by atoms with E-state index in [0.717, 1.165) is 36.0 Å². The van der Waals surface area contributed by atoms with Gasteiger partial charge in [-0.3, -0.25) is 14.9 Å². The Bertz CT molecular complexity index is 1260. The number of carbonyl (C=O) groups excluding carboxylic acids is 2. The van der Waals surface area contributed by atoms with E-state index in [9.17, 15) is 25.0 Å². The predicted octanol–water partition coefficient (Wildman–Crippen LogP) is 5.11. The van der Waals surface area contributed by atoms with E-state index < -0.39 is 16.7 Å². The van der Waals surface area contributed by atoms with Crippen LogP contribution in [0.15, 0.2) is 66.7 Å². The summed E-state index contributed by atoms with van der Waals surface area (Å²) >= 11 is 0. The molecule has 35 heavy (non-hydrogen) atoms. The summed E-state index contributed by atoms with van der Waals surface area (Å²) in [6, 6.07) is 20.9. The second-order valence-electron chi connectivity index (χ2n) is 8.11. The number of aryl methyl sites for hydroxylation is 3. The topological polar surface area (TPSA) is 122 Å². The van der Waals surface area contributed by atoms with Gasteiger partial charge in [-0.1, -0.05) is 35.9 Å². The molecule has 3 rings (SSSR count). The van der Waals surface area contributed by atoms with Crippen LogP contribution < -0.4 is 5.32 Å². The molecule has 0 spiro atoms. The Hall–Kier alpha value is -4.51. The van der Waals surface area contributed by atoms with Crippen molar-refractivity contribution in [1.29, 1.82) is 5.26 Å². The van der Waals surface area contributed by atoms with Gasteiger partial charge in [0.05, 0.1) is 29.2 Å². The number of nitro groups is 1. The highest BCUT2D eigenvalue weighted by molar-refractivity contribution is 5.98. The number of anilines is 1. The maximum absolute atomic E-state index is 12.7. The van der Waals surface area contributed by atoms with E-state index in [1.54, 1.807) is 37.3 Å². The molecular formula is C27H25N3O5. The van der Waals surface area contributed by atoms with Crippen LogP contribution in [0.25, 0.3) is 0 Å². The van der Waals surface area contributed by atoms with Crippen molar-refractivity contribution in [3.63, 3.8) is 0 Å². The smallest absolute Gasteiger partial charge is 0.337 e. The zero-order valence-electron chi connectivity index (χ0n) is 19.5. The molecule has 178 valence electrons. The van der Waals surface area contributed by atoms with Crippen LogP contribution in [-0.2, 0) is 22.4 Å². The lowest BCUT2D eigenvalue weighted by atomic mass is 9.96. The lowest BCUT2D eigenvalue weighted by Crippen LogP contribution is -2.21. The summed E-state index contributed by atoms with van der Waals surface area (Å²) in [6.45, 7) is 1.75. The molecule has 0 aliphatic rings. The number of nitriles is 1. The largest absolute Gasteiger partial charge is 0.465 e. The number of rotatable bonds is 9. The highest BCUT2D eigenvalue weighted by Crippen LogP contribution is 2.28. The Morgan fingerprint density at radius 1 is 1.03 bits per heavy atom. The average molecular weight is 472 g/mol. The van der Waals surface area contributed by atoms with Crippen molar-refractivity contribution in [3.05, 3.63) is 105 Å². The highest BCUT2D eigenvalue weighted by Gasteiger charge is 2.28. The second-order valence-corrected chi connectivity index (χ2v) is 8.11. The molecule has 0 saturated carbocycles. The van der Waals surface area contributed by atoms with E-state index in [2.05, 4.69) is 5.32 Å². The first kappa shape index (κ1) is 25.1. The van der Waals surface area contributed by atoms with Crippen molar-refractivity contribution >= 4 is 23.3 Å². The van der Waals surface area contributed by atoms with Gasteiger partial charge in [0, 0.05) is 11.8 Å². The highest BCUT2D eigenvalue weighted by atomic mass is 16.6. The number of nitrogens with zero attached hydrogens (tertiary/aromatic N) is 2. The SMILES string of the molecule is COC(=O)c1ccc(CCCc2ccc(NC(=O)C(C#N)c3cc(C)ccc3[N+](=O)[O-])cc2)cc1. The van der Waals surface area contributed by atoms with Gasteiger partial charge in [-0.25, -0.2) is 4.79 Å². The van der Waals surface area contributed by atoms with Gasteiger partial charge in [0.25, 0.3) is 5.69 Å². The summed E-state index contributed by atoms with van der Waals surface area (Å²) in [5, 5.41) is 23.6. The zero-order valence-corrected chi connectivity index (χ0v) is 19.5. The second kappa shape index (κ2) is 11.6. The maximum atomic E-state index is 12.7. The van der Waals surface area contributed by atoms with Crippen molar-refractivity contribution in [1.82, 2.24) is 0 Å². The Morgan fingerprint density at radius 2 is 1.63 bits per heavy atom. The third-order valence-corrected chi connectivity index (χ3v) is 5.61. The predicted molar refractivity (Wildman–Crippen MR) is 131 cm³/mol. The minimum Gasteiger partial charge on any atom is -0.465 e. The first-order valence-electron chi connectivity index (χ1n) is 11.0. The number of carbonyl (C=O) groups is 2. The van der Waals surface area contributed by atoms with Crippen LogP contribution >= 0.6 is 0 Å². The summed E-state index contributed by atoms with van der Waals surface area (Å²) in [4.78, 5) is 35.0. The number of hydrogen-bond donors (Lipinski definition) is 1. The zero-order chi connectivity index (χ0) is 25.4. The fraction of sp³-hybridized carbons (Fsp3) is 0.222. The van der Waals surface area contributed by atoms with Crippen LogP contribution in [0.5, 0.6) is 0 Å². The van der Waals surface area contributed by atoms with Crippen LogP contribution in [0.1, 0.15) is 45.0 Å². The van der Waals surface area contributed by atoms with E-state index in [-0.39, 0.29) is 17.2 Å². The third-order valence-electron chi connectivity index (χ3n) is 5.61. The van der Waals surface area contributed by atoms with E-state index in [1.165, 1.54) is 19.2 Å². The van der Waals surface area contributed by atoms with Crippen LogP contribution in [-0.4, -0.2) is 23.9 Å². The normalized spacial score (nSPS) is 11.2. The van der Waals surface area contributed by atoms with Crippen molar-refractivity contribution < 1.29 is 19.2 Å². The van der Waals surface area contributed by atoms with Crippen LogP contribution in [0, 0.1) is 28.4 Å². The lowest BCUT2D eigenvalue weighted by Gasteiger charge is -2.12. The monoisotopic (exact) mass is 471 g/mol. The maximum Gasteiger partial charge on any atom is 0.337 e. The summed E-state index contributed by atoms with van der Waals surface area (Å²) in [7, 11) is 1.35. The van der Waals surface area contributed by atoms with Crippen LogP contribution in [0.2, 0.25) is 0 Å². The van der Waals surface area contributed by atoms with E-state index in [1.807, 2.05) is 30.3 Å². The first-order valence-corrected chi connectivity index (χ1v) is 11.0. The van der Waals surface area contributed by atoms with Crippen molar-refractivity contribution in [2.24, 2.45) is 0 Å². The summed E-state index contributed by atoms with van der Waals surface area (Å²) < 4.78 is 4.70. The van der Waals surface area contributed by atoms with Crippen molar-refractivity contribution in [3.8, 4) is 6.07 Å². The van der Waals surface area contributed by atoms with E-state index in [0.29, 0.717) is 11.3 Å². The number of methoxy groups -OCH3 is 1. The van der Waals surface area contributed by atoms with Gasteiger partial charge < -0.3 is 10.1 Å². The Labute approximate surface area is 203 Å². The van der Waals surface area contributed by atoms with Crippen LogP contribution in [0.3, 0.4) is 0 Å². The van der Waals surface area contributed by atoms with Gasteiger partial charge in [-0.05, 0) is 67.6 Å². The van der Waals surface area contributed by atoms with Crippen LogP contribution in [0.4, 0.5) is 11.4 Å². The summed E-state index contributed by atoms with van der Waals surface area (Å²) in [5.41, 5.74) is 3.77. The lowest BCUT2D eigenvalue weighted by molar-refractivity contribution is -0.385. The Morgan fingerprint density at radius 3 is 2.17 bits per heavy atom. The van der Waals surface area contributed by atoms with Crippen molar-refractivity contribution in [2.75, 3.05) is 12.4 Å². The van der Waals surface area contributed by atoms with Crippen molar-refractivity contribution in [2.45, 2.75) is 32.1 Å². The fourth-order valence-corrected chi connectivity index (χ4v) is 3.73. The molecule has 3 aromatic rings. The molecular weight excluding hydrogens is 446 g/mol. The van der Waals surface area contributed by atoms with Gasteiger partial charge in [0.1, 0.15) is 0 Å². The molecule has 0 radical (unpaired) electrons. The number of nitro benzene ring substituents is 1. The van der Waals surface area contributed by atoms with Gasteiger partial charge in [-0.15, -0.1) is 0 Å². The minimum atomic E-state index is -1.31. The summed E-state index contributed by atoms with van der Waals surface area (Å²) in [6.07, 6.45) is 2.57. The molecule has 1 unspecified atom stereocenters. The molecule has 1 amide bonds. The number of amides is 1.